The van der Waals surface area contributed by atoms with Crippen LogP contribution in [0.4, 0.5) is 0 Å². The topological polar surface area (TPSA) is 23.6 Å². The molecule has 0 unspecified atom stereocenters. The molecule has 82 valence electrons. The van der Waals surface area contributed by atoms with Gasteiger partial charge in [-0.25, -0.2) is 0 Å². The van der Waals surface area contributed by atoms with Gasteiger partial charge in [-0.1, -0.05) is 0 Å². The molecule has 1 atom stereocenters. The quantitative estimate of drug-likeness (QED) is 0.660. The maximum atomic E-state index is 11.3. The summed E-state index contributed by atoms with van der Waals surface area (Å²) in [6, 6.07) is 0. The third-order valence-corrected chi connectivity index (χ3v) is 4.67. The minimum Gasteiger partial charge on any atom is -0.306 e. The van der Waals surface area contributed by atoms with Crippen LogP contribution in [0.5, 0.6) is 0 Å². The Morgan fingerprint density at radius 2 is 2.20 bits per heavy atom. The van der Waals surface area contributed by atoms with E-state index in [1.54, 1.807) is 0 Å². The number of hydrogen-bond acceptors (Lipinski definition) is 3. The van der Waals surface area contributed by atoms with Gasteiger partial charge in [0.05, 0.1) is 11.8 Å². The van der Waals surface area contributed by atoms with E-state index in [4.69, 9.17) is 0 Å². The summed E-state index contributed by atoms with van der Waals surface area (Å²) in [6.07, 6.45) is 5.53. The van der Waals surface area contributed by atoms with Crippen molar-refractivity contribution in [1.29, 1.82) is 0 Å². The van der Waals surface area contributed by atoms with Crippen molar-refractivity contribution in [3.63, 3.8) is 0 Å². The molecule has 15 heavy (non-hydrogen) atoms. The van der Waals surface area contributed by atoms with Gasteiger partial charge in [-0.2, -0.15) is 0 Å². The van der Waals surface area contributed by atoms with Gasteiger partial charge in [-0.15, -0.1) is 11.8 Å². The number of likely N-dealkylation sites (tertiary alicyclic amines) is 1. The maximum Gasteiger partial charge on any atom is 0.230 e. The first-order valence-corrected chi connectivity index (χ1v) is 6.72. The maximum absolute atomic E-state index is 11.3. The molecule has 4 heteroatoms. The van der Waals surface area contributed by atoms with Crippen molar-refractivity contribution in [3.05, 3.63) is 11.8 Å². The Balaban J connectivity index is 1.63. The van der Waals surface area contributed by atoms with Gasteiger partial charge in [0.2, 0.25) is 5.91 Å². The van der Waals surface area contributed by atoms with E-state index < -0.39 is 0 Å². The molecule has 0 aliphatic carbocycles. The zero-order chi connectivity index (χ0) is 10.3. The molecule has 1 amide bonds. The van der Waals surface area contributed by atoms with E-state index in [9.17, 15) is 4.79 Å². The molecule has 0 aromatic carbocycles. The van der Waals surface area contributed by atoms with Crippen LogP contribution in [0, 0.1) is 0 Å². The Hall–Kier alpha value is -0.480. The lowest BCUT2D eigenvalue weighted by Gasteiger charge is -2.41. The predicted molar refractivity (Wildman–Crippen MR) is 61.5 cm³/mol. The van der Waals surface area contributed by atoms with Gasteiger partial charge in [0.15, 0.2) is 0 Å². The van der Waals surface area contributed by atoms with E-state index in [1.807, 2.05) is 16.7 Å². The van der Waals surface area contributed by atoms with E-state index in [0.29, 0.717) is 11.3 Å². The number of rotatable bonds is 2. The summed E-state index contributed by atoms with van der Waals surface area (Å²) >= 11 is 1.92. The second kappa shape index (κ2) is 3.83. The van der Waals surface area contributed by atoms with Crippen molar-refractivity contribution in [1.82, 2.24) is 9.80 Å². The minimum atomic E-state index is 0.297. The highest BCUT2D eigenvalue weighted by Crippen LogP contribution is 2.35. The minimum absolute atomic E-state index is 0.297. The van der Waals surface area contributed by atoms with Crippen LogP contribution in [0.3, 0.4) is 0 Å². The number of amides is 1. The van der Waals surface area contributed by atoms with E-state index in [0.717, 1.165) is 18.7 Å². The van der Waals surface area contributed by atoms with Gasteiger partial charge in [0.1, 0.15) is 0 Å². The molecule has 2 saturated heterocycles. The summed E-state index contributed by atoms with van der Waals surface area (Å²) in [6.45, 7) is 3.54. The molecule has 0 aromatic heterocycles. The van der Waals surface area contributed by atoms with E-state index in [2.05, 4.69) is 11.1 Å². The Bertz CT molecular complexity index is 310. The summed E-state index contributed by atoms with van der Waals surface area (Å²) < 4.78 is 0. The Kier molecular flexibility index (Phi) is 2.48. The van der Waals surface area contributed by atoms with E-state index in [-0.39, 0.29) is 0 Å². The molecule has 0 bridgehead atoms. The molecular formula is C11H16N2OS. The molecule has 0 N–H and O–H groups in total. The summed E-state index contributed by atoms with van der Waals surface area (Å²) in [5.41, 5.74) is 1.42. The highest BCUT2D eigenvalue weighted by molar-refractivity contribution is 8.00. The Labute approximate surface area is 94.5 Å². The highest BCUT2D eigenvalue weighted by atomic mass is 32.2. The number of hydrogen-bond donors (Lipinski definition) is 0. The lowest BCUT2D eigenvalue weighted by molar-refractivity contribution is -0.137. The first kappa shape index (κ1) is 9.73. The van der Waals surface area contributed by atoms with Crippen LogP contribution in [0.15, 0.2) is 11.8 Å². The van der Waals surface area contributed by atoms with Crippen molar-refractivity contribution >= 4 is 17.7 Å². The van der Waals surface area contributed by atoms with Crippen molar-refractivity contribution in [3.8, 4) is 0 Å². The van der Waals surface area contributed by atoms with Gasteiger partial charge in [-0.3, -0.25) is 9.69 Å². The monoisotopic (exact) mass is 224 g/mol. The fraction of sp³-hybridized carbons (Fsp3) is 0.727. The zero-order valence-corrected chi connectivity index (χ0v) is 9.63. The van der Waals surface area contributed by atoms with Crippen LogP contribution in [-0.4, -0.2) is 46.5 Å². The number of carbonyl (C=O) groups is 1. The van der Waals surface area contributed by atoms with Crippen LogP contribution >= 0.6 is 11.8 Å². The smallest absolute Gasteiger partial charge is 0.230 e. The van der Waals surface area contributed by atoms with Gasteiger partial charge in [0, 0.05) is 18.5 Å². The Morgan fingerprint density at radius 1 is 1.40 bits per heavy atom. The number of carbonyl (C=O) groups excluding carboxylic acids is 1. The molecule has 2 fully saturated rings. The van der Waals surface area contributed by atoms with Crippen molar-refractivity contribution in [2.45, 2.75) is 24.6 Å². The zero-order valence-electron chi connectivity index (χ0n) is 8.82. The number of β-lactam (4-membered cyclic amide) rings is 1. The molecule has 3 aliphatic rings. The average molecular weight is 224 g/mol. The van der Waals surface area contributed by atoms with E-state index >= 15 is 0 Å². The standard InChI is InChI=1S/C11H16N2OS/c14-10-5-11-13(10)7-9(8-15-11)6-12-3-1-2-4-12/h7,11H,1-6,8H2/t11-/m0/s1. The SMILES string of the molecule is O=C1C[C@@H]2SCC(CN3CCCC3)=CN12. The number of fused-ring (bicyclic) bond motifs is 1. The van der Waals surface area contributed by atoms with Crippen LogP contribution in [-0.2, 0) is 4.79 Å². The average Bonchev–Trinajstić information content (AvgIpc) is 2.72. The molecule has 0 aromatic rings. The molecule has 3 heterocycles. The van der Waals surface area contributed by atoms with Gasteiger partial charge >= 0.3 is 0 Å². The molecule has 0 radical (unpaired) electrons. The first-order chi connectivity index (χ1) is 7.33. The number of thioether (sulfide) groups is 1. The summed E-state index contributed by atoms with van der Waals surface area (Å²) in [5, 5.41) is 0.458. The van der Waals surface area contributed by atoms with Crippen molar-refractivity contribution in [2.24, 2.45) is 0 Å². The summed E-state index contributed by atoms with van der Waals surface area (Å²) in [4.78, 5) is 15.7. The molecule has 3 aliphatic heterocycles. The lowest BCUT2D eigenvalue weighted by Crippen LogP contribution is -2.49. The fourth-order valence-corrected chi connectivity index (χ4v) is 3.62. The summed E-state index contributed by atoms with van der Waals surface area (Å²) in [7, 11) is 0. The van der Waals surface area contributed by atoms with Crippen LogP contribution < -0.4 is 0 Å². The molecule has 0 spiro atoms. The molecule has 0 saturated carbocycles. The lowest BCUT2D eigenvalue weighted by atomic mass is 10.2. The fourth-order valence-electron chi connectivity index (χ4n) is 2.45. The van der Waals surface area contributed by atoms with E-state index in [1.165, 1.54) is 31.5 Å². The second-order valence-corrected chi connectivity index (χ2v) is 5.71. The van der Waals surface area contributed by atoms with Crippen molar-refractivity contribution < 1.29 is 4.79 Å². The number of nitrogens with zero attached hydrogens (tertiary/aromatic N) is 2. The molecule has 3 nitrogen and oxygen atoms in total. The van der Waals surface area contributed by atoms with Crippen molar-refractivity contribution in [2.75, 3.05) is 25.4 Å². The van der Waals surface area contributed by atoms with Crippen LogP contribution in [0.1, 0.15) is 19.3 Å². The highest BCUT2D eigenvalue weighted by Gasteiger charge is 2.37. The first-order valence-electron chi connectivity index (χ1n) is 5.67. The second-order valence-electron chi connectivity index (χ2n) is 4.54. The summed E-state index contributed by atoms with van der Waals surface area (Å²) in [5.74, 6) is 1.41. The van der Waals surface area contributed by atoms with Gasteiger partial charge in [0.25, 0.3) is 0 Å². The van der Waals surface area contributed by atoms with Crippen LogP contribution in [0.2, 0.25) is 0 Å². The normalized spacial score (nSPS) is 31.2. The van der Waals surface area contributed by atoms with Gasteiger partial charge < -0.3 is 4.90 Å². The Morgan fingerprint density at radius 3 is 2.93 bits per heavy atom. The molecular weight excluding hydrogens is 208 g/mol. The van der Waals surface area contributed by atoms with Crippen LogP contribution in [0.25, 0.3) is 0 Å². The molecule has 3 rings (SSSR count). The third-order valence-electron chi connectivity index (χ3n) is 3.36. The van der Waals surface area contributed by atoms with Gasteiger partial charge in [-0.05, 0) is 31.5 Å². The predicted octanol–water partition coefficient (Wildman–Crippen LogP) is 1.27. The largest absolute Gasteiger partial charge is 0.306 e. The third kappa shape index (κ3) is 1.81.